The molecule has 10 N–H and O–H groups in total. The maximum Gasteiger partial charge on any atom is 0.275 e. The number of carbonyl (C=O) groups excluding carboxylic acids is 6. The van der Waals surface area contributed by atoms with Crippen LogP contribution in [0, 0.1) is 0 Å². The zero-order valence-corrected chi connectivity index (χ0v) is 46.7. The van der Waals surface area contributed by atoms with Crippen molar-refractivity contribution in [3.63, 3.8) is 0 Å². The lowest BCUT2D eigenvalue weighted by Crippen LogP contribution is -2.52. The third-order valence-corrected chi connectivity index (χ3v) is 16.5. The number of aromatic nitrogens is 7. The van der Waals surface area contributed by atoms with E-state index in [4.69, 9.17) is 15.0 Å². The first-order valence-corrected chi connectivity index (χ1v) is 28.6. The molecule has 6 amide bonds. The molecule has 8 rings (SSSR count). The average Bonchev–Trinajstić information content (AvgIpc) is 4.26. The van der Waals surface area contributed by atoms with Gasteiger partial charge in [0.1, 0.15) is 93.7 Å². The number of hydrogen-bond acceptors (Lipinski definition) is 23. The van der Waals surface area contributed by atoms with Crippen LogP contribution in [-0.4, -0.2) is 127 Å². The fourth-order valence-corrected chi connectivity index (χ4v) is 12.4. The minimum Gasteiger partial charge on any atom is -0.392 e. The lowest BCUT2D eigenvalue weighted by atomic mass is 9.99. The van der Waals surface area contributed by atoms with Gasteiger partial charge < -0.3 is 52.3 Å². The van der Waals surface area contributed by atoms with Crippen LogP contribution in [0.5, 0.6) is 0 Å². The molecule has 0 spiro atoms. The number of carbonyl (C=O) groups is 6. The molecule has 77 heavy (non-hydrogen) atoms. The van der Waals surface area contributed by atoms with Gasteiger partial charge >= 0.3 is 0 Å². The number of aliphatic hydroxyl groups excluding tert-OH is 3. The number of nitrogens with zero attached hydrogens (tertiary/aromatic N) is 7. The molecule has 7 aromatic heterocycles. The van der Waals surface area contributed by atoms with Crippen LogP contribution < -0.4 is 31.9 Å². The highest BCUT2D eigenvalue weighted by atomic mass is 32.1. The van der Waals surface area contributed by atoms with Gasteiger partial charge in [-0.3, -0.25) is 28.8 Å². The summed E-state index contributed by atoms with van der Waals surface area (Å²) in [4.78, 5) is 114. The molecule has 0 aromatic carbocycles. The molecule has 8 heterocycles. The SMILES string of the molecule is C/C=C(\NC(=O)c1csc(-c2csc(-c3ccc4c(n3)-c3csc(n3)C(C(C)O)NC(=O)c3csc(n3)C(C(C)(C)O)NC(=O)c3csc(n3)/C(=C\C)NC(=O)C(C(C)O)NC(=O)c3csc-4n3)n2)n1)C(=O)NCC(C)O. The van der Waals surface area contributed by atoms with Crippen molar-refractivity contribution in [1.29, 1.82) is 0 Å². The Balaban J connectivity index is 1.15. The molecule has 6 unspecified atom stereocenters. The number of rotatable bonds is 10. The number of pyridine rings is 1. The normalized spacial score (nSPS) is 18.6. The largest absolute Gasteiger partial charge is 0.392 e. The summed E-state index contributed by atoms with van der Waals surface area (Å²) in [5, 5.41) is 69.9. The second kappa shape index (κ2) is 23.8. The zero-order chi connectivity index (χ0) is 55.5. The first-order chi connectivity index (χ1) is 36.6. The molecule has 0 saturated heterocycles. The zero-order valence-electron chi connectivity index (χ0n) is 41.8. The van der Waals surface area contributed by atoms with Gasteiger partial charge in [0.15, 0.2) is 0 Å². The van der Waals surface area contributed by atoms with Crippen molar-refractivity contribution in [2.75, 3.05) is 6.54 Å². The summed E-state index contributed by atoms with van der Waals surface area (Å²) in [5.41, 5.74) is 0.232. The Morgan fingerprint density at radius 2 is 1.19 bits per heavy atom. The van der Waals surface area contributed by atoms with Crippen LogP contribution in [0.3, 0.4) is 0 Å². The maximum absolute atomic E-state index is 13.9. The van der Waals surface area contributed by atoms with Crippen LogP contribution in [-0.2, 0) is 9.59 Å². The summed E-state index contributed by atoms with van der Waals surface area (Å²) in [6.45, 7) is 10.5. The first-order valence-electron chi connectivity index (χ1n) is 23.3. The summed E-state index contributed by atoms with van der Waals surface area (Å²) in [6.07, 6.45) is -0.384. The quantitative estimate of drug-likeness (QED) is 0.0831. The minimum atomic E-state index is -1.59. The highest BCUT2D eigenvalue weighted by molar-refractivity contribution is 7.15. The summed E-state index contributed by atoms with van der Waals surface area (Å²) >= 11 is 6.67. The fourth-order valence-electron chi connectivity index (χ4n) is 7.21. The summed E-state index contributed by atoms with van der Waals surface area (Å²) in [6, 6.07) is -0.252. The number of aliphatic hydroxyl groups is 4. The van der Waals surface area contributed by atoms with Gasteiger partial charge in [0.05, 0.1) is 35.3 Å². The van der Waals surface area contributed by atoms with Gasteiger partial charge in [0.2, 0.25) is 5.91 Å². The van der Waals surface area contributed by atoms with Crippen molar-refractivity contribution in [1.82, 2.24) is 66.8 Å². The minimum absolute atomic E-state index is 0.00724. The van der Waals surface area contributed by atoms with E-state index < -0.39 is 77.5 Å². The molecule has 29 heteroatoms. The van der Waals surface area contributed by atoms with Crippen LogP contribution in [0.4, 0.5) is 0 Å². The van der Waals surface area contributed by atoms with Gasteiger partial charge in [-0.2, -0.15) is 0 Å². The van der Waals surface area contributed by atoms with E-state index in [0.717, 1.165) is 56.7 Å². The van der Waals surface area contributed by atoms with Gasteiger partial charge in [-0.25, -0.2) is 34.9 Å². The Hall–Kier alpha value is -6.93. The Kier molecular flexibility index (Phi) is 17.4. The van der Waals surface area contributed by atoms with Crippen molar-refractivity contribution in [2.24, 2.45) is 0 Å². The fraction of sp³-hybridized carbons (Fsp3) is 0.312. The predicted octanol–water partition coefficient (Wildman–Crippen LogP) is 4.68. The summed E-state index contributed by atoms with van der Waals surface area (Å²) < 4.78 is 0. The molecular weight excluding hydrogens is 1110 g/mol. The standard InChI is InChI=1S/C48H49N13O10S6/c1-8-23(36(65)49-12-19(3)62)51-37(66)27-15-74-45(56-27)31-18-75-44(58-31)25-11-10-22-34(50-25)26-13-76-46(53-26)33(21(5)64)60-39(68)29-17-77-47(57-29)35(48(6,7)71)61-40(69)30-16-73-43(55-30)24(9-2)52-41(70)32(20(4)63)59-38(67)28-14-72-42(22)54-28/h8-11,13-21,32-33,35,62-64,71H,12H2,1-7H3,(H,49,65)(H,51,66)(H,52,70)(H,59,67)(H,60,68)(H,61,69)/b23-8-,24-9+. The van der Waals surface area contributed by atoms with Gasteiger partial charge in [0.25, 0.3) is 29.5 Å². The predicted molar refractivity (Wildman–Crippen MR) is 292 cm³/mol. The third kappa shape index (κ3) is 12.9. The van der Waals surface area contributed by atoms with Crippen LogP contribution in [0.1, 0.15) is 118 Å². The average molecular weight is 1160 g/mol. The van der Waals surface area contributed by atoms with E-state index in [9.17, 15) is 49.2 Å². The van der Waals surface area contributed by atoms with E-state index in [1.54, 1.807) is 36.7 Å². The van der Waals surface area contributed by atoms with Crippen molar-refractivity contribution in [3.8, 4) is 43.4 Å². The highest BCUT2D eigenvalue weighted by Crippen LogP contribution is 2.38. The molecule has 6 atom stereocenters. The molecule has 1 aliphatic rings. The molecule has 0 radical (unpaired) electrons. The molecule has 23 nitrogen and oxygen atoms in total. The summed E-state index contributed by atoms with van der Waals surface area (Å²) in [7, 11) is 0. The summed E-state index contributed by atoms with van der Waals surface area (Å²) in [5.74, 6) is -4.15. The number of fused-ring (bicyclic) bond motifs is 11. The lowest BCUT2D eigenvalue weighted by Gasteiger charge is -2.28. The number of amides is 6. The second-order valence-electron chi connectivity index (χ2n) is 17.7. The number of thiazole rings is 6. The Morgan fingerprint density at radius 3 is 1.86 bits per heavy atom. The number of hydrogen-bond donors (Lipinski definition) is 10. The molecule has 0 aliphatic carbocycles. The van der Waals surface area contributed by atoms with Crippen molar-refractivity contribution in [2.45, 2.75) is 90.5 Å². The number of allylic oxidation sites excluding steroid dienone is 2. The van der Waals surface area contributed by atoms with Crippen LogP contribution >= 0.6 is 68.0 Å². The van der Waals surface area contributed by atoms with Crippen molar-refractivity contribution < 1.29 is 49.2 Å². The number of nitrogens with one attached hydrogen (secondary N) is 6. The van der Waals surface area contributed by atoms with E-state index in [1.807, 2.05) is 0 Å². The smallest absolute Gasteiger partial charge is 0.275 e. The highest BCUT2D eigenvalue weighted by Gasteiger charge is 2.35. The van der Waals surface area contributed by atoms with E-state index in [2.05, 4.69) is 51.8 Å². The molecule has 0 saturated carbocycles. The monoisotopic (exact) mass is 1160 g/mol. The van der Waals surface area contributed by atoms with Crippen LogP contribution in [0.25, 0.3) is 49.1 Å². The van der Waals surface area contributed by atoms with Crippen LogP contribution in [0.15, 0.2) is 62.3 Å². The molecule has 1 aliphatic heterocycles. The van der Waals surface area contributed by atoms with Crippen molar-refractivity contribution in [3.05, 3.63) is 100 Å². The van der Waals surface area contributed by atoms with Crippen molar-refractivity contribution >= 4 is 109 Å². The van der Waals surface area contributed by atoms with E-state index in [1.165, 1.54) is 79.6 Å². The molecular formula is C48H49N13O10S6. The second-order valence-corrected chi connectivity index (χ2v) is 22.9. The maximum atomic E-state index is 13.9. The van der Waals surface area contributed by atoms with Gasteiger partial charge in [0, 0.05) is 44.4 Å². The third-order valence-electron chi connectivity index (χ3n) is 11.2. The van der Waals surface area contributed by atoms with Gasteiger partial charge in [-0.05, 0) is 60.6 Å². The van der Waals surface area contributed by atoms with E-state index >= 15 is 0 Å². The van der Waals surface area contributed by atoms with Gasteiger partial charge in [-0.1, -0.05) is 12.2 Å². The van der Waals surface area contributed by atoms with Crippen LogP contribution in [0.2, 0.25) is 0 Å². The topological polar surface area (TPSA) is 346 Å². The molecule has 402 valence electrons. The van der Waals surface area contributed by atoms with Gasteiger partial charge in [-0.15, -0.1) is 68.0 Å². The molecule has 7 aromatic rings. The lowest BCUT2D eigenvalue weighted by molar-refractivity contribution is -0.124. The molecule has 0 fully saturated rings. The van der Waals surface area contributed by atoms with E-state index in [0.29, 0.717) is 37.7 Å². The molecule has 8 bridgehead atoms. The first kappa shape index (κ1) is 56.3. The Labute approximate surface area is 462 Å². The van der Waals surface area contributed by atoms with E-state index in [-0.39, 0.29) is 61.4 Å². The Morgan fingerprint density at radius 1 is 0.649 bits per heavy atom. The Bertz CT molecular complexity index is 3430.